The van der Waals surface area contributed by atoms with Crippen molar-refractivity contribution in [2.24, 2.45) is 0 Å². The summed E-state index contributed by atoms with van der Waals surface area (Å²) in [5.41, 5.74) is 0.851. The fraction of sp³-hybridized carbons (Fsp3) is 0.292. The molecule has 33 heavy (non-hydrogen) atoms. The molecule has 7 nitrogen and oxygen atoms in total. The van der Waals surface area contributed by atoms with E-state index in [0.29, 0.717) is 23.5 Å². The van der Waals surface area contributed by atoms with E-state index in [0.717, 1.165) is 13.1 Å². The molecule has 0 bridgehead atoms. The number of likely N-dealkylation sites (tertiary alicyclic amines) is 1. The van der Waals surface area contributed by atoms with Crippen molar-refractivity contribution in [1.82, 2.24) is 10.2 Å². The van der Waals surface area contributed by atoms with E-state index in [2.05, 4.69) is 26.4 Å². The van der Waals surface area contributed by atoms with Gasteiger partial charge in [0.2, 0.25) is 0 Å². The van der Waals surface area contributed by atoms with Crippen LogP contribution in [0.3, 0.4) is 0 Å². The van der Waals surface area contributed by atoms with Crippen LogP contribution in [0.15, 0.2) is 70.9 Å². The van der Waals surface area contributed by atoms with Crippen LogP contribution >= 0.6 is 11.3 Å². The van der Waals surface area contributed by atoms with E-state index in [1.807, 2.05) is 6.07 Å². The number of ether oxygens (including phenoxy) is 1. The highest BCUT2D eigenvalue weighted by molar-refractivity contribution is 7.92. The van der Waals surface area contributed by atoms with Crippen molar-refractivity contribution in [2.75, 3.05) is 31.5 Å². The van der Waals surface area contributed by atoms with Crippen LogP contribution in [0, 0.1) is 0 Å². The molecule has 9 heteroatoms. The lowest BCUT2D eigenvalue weighted by atomic mass is 10.2. The normalized spacial score (nSPS) is 15.2. The molecule has 1 unspecified atom stereocenters. The minimum atomic E-state index is -3.77. The van der Waals surface area contributed by atoms with E-state index in [1.165, 1.54) is 42.0 Å². The van der Waals surface area contributed by atoms with Crippen LogP contribution in [-0.4, -0.2) is 46.0 Å². The van der Waals surface area contributed by atoms with Crippen molar-refractivity contribution in [3.05, 3.63) is 76.5 Å². The first kappa shape index (κ1) is 23.3. The number of anilines is 1. The van der Waals surface area contributed by atoms with Crippen molar-refractivity contribution in [3.8, 4) is 5.75 Å². The summed E-state index contributed by atoms with van der Waals surface area (Å²) >= 11 is 1.70. The van der Waals surface area contributed by atoms with Crippen molar-refractivity contribution < 1.29 is 17.9 Å². The van der Waals surface area contributed by atoms with Gasteiger partial charge in [0.1, 0.15) is 5.75 Å². The number of amides is 1. The first-order valence-corrected chi connectivity index (χ1v) is 13.1. The van der Waals surface area contributed by atoms with E-state index in [1.54, 1.807) is 42.7 Å². The van der Waals surface area contributed by atoms with E-state index >= 15 is 0 Å². The summed E-state index contributed by atoms with van der Waals surface area (Å²) in [6.45, 7) is 2.58. The van der Waals surface area contributed by atoms with Crippen LogP contribution in [0.1, 0.15) is 34.1 Å². The molecule has 1 atom stereocenters. The Labute approximate surface area is 198 Å². The molecule has 1 aromatic heterocycles. The lowest BCUT2D eigenvalue weighted by Gasteiger charge is -2.27. The molecule has 0 aliphatic carbocycles. The molecule has 2 aromatic carbocycles. The van der Waals surface area contributed by atoms with Gasteiger partial charge in [-0.25, -0.2) is 8.42 Å². The van der Waals surface area contributed by atoms with Gasteiger partial charge in [-0.2, -0.15) is 0 Å². The van der Waals surface area contributed by atoms with Crippen LogP contribution in [0.5, 0.6) is 5.75 Å². The summed E-state index contributed by atoms with van der Waals surface area (Å²) in [7, 11) is -2.22. The average Bonchev–Trinajstić information content (AvgIpc) is 3.55. The highest BCUT2D eigenvalue weighted by Gasteiger charge is 2.25. The van der Waals surface area contributed by atoms with Gasteiger partial charge in [0.25, 0.3) is 15.9 Å². The molecule has 0 saturated carbocycles. The Balaban J connectivity index is 1.39. The molecule has 174 valence electrons. The largest absolute Gasteiger partial charge is 0.497 e. The minimum Gasteiger partial charge on any atom is -0.497 e. The maximum absolute atomic E-state index is 12.7. The van der Waals surface area contributed by atoms with Crippen LogP contribution in [-0.2, 0) is 10.0 Å². The van der Waals surface area contributed by atoms with Gasteiger partial charge in [-0.15, -0.1) is 11.3 Å². The molecule has 4 rings (SSSR count). The molecule has 2 N–H and O–H groups in total. The SMILES string of the molecule is COc1ccc(NS(=O)(=O)c2ccc(C(=O)NCC(c3cccs3)N3CCCC3)cc2)cc1. The summed E-state index contributed by atoms with van der Waals surface area (Å²) in [6.07, 6.45) is 2.35. The average molecular weight is 486 g/mol. The smallest absolute Gasteiger partial charge is 0.261 e. The first-order valence-electron chi connectivity index (χ1n) is 10.8. The Morgan fingerprint density at radius 1 is 1.06 bits per heavy atom. The third-order valence-electron chi connectivity index (χ3n) is 5.68. The third-order valence-corrected chi connectivity index (χ3v) is 8.05. The zero-order valence-electron chi connectivity index (χ0n) is 18.4. The fourth-order valence-corrected chi connectivity index (χ4v) is 5.81. The van der Waals surface area contributed by atoms with Gasteiger partial charge >= 0.3 is 0 Å². The second kappa shape index (κ2) is 10.4. The number of sulfonamides is 1. The van der Waals surface area contributed by atoms with Gasteiger partial charge in [0.05, 0.1) is 18.0 Å². The predicted octanol–water partition coefficient (Wildman–Crippen LogP) is 4.12. The maximum Gasteiger partial charge on any atom is 0.261 e. The summed E-state index contributed by atoms with van der Waals surface area (Å²) in [5.74, 6) is 0.419. The van der Waals surface area contributed by atoms with Crippen molar-refractivity contribution >= 4 is 33.0 Å². The van der Waals surface area contributed by atoms with Gasteiger partial charge in [0.15, 0.2) is 0 Å². The van der Waals surface area contributed by atoms with Gasteiger partial charge in [-0.3, -0.25) is 14.4 Å². The molecule has 1 aliphatic rings. The Morgan fingerprint density at radius 3 is 2.36 bits per heavy atom. The number of nitrogens with zero attached hydrogens (tertiary/aromatic N) is 1. The molecule has 1 fully saturated rings. The number of benzene rings is 2. The third kappa shape index (κ3) is 5.73. The molecule has 1 amide bonds. The van der Waals surface area contributed by atoms with Crippen LogP contribution < -0.4 is 14.8 Å². The highest BCUT2D eigenvalue weighted by atomic mass is 32.2. The van der Waals surface area contributed by atoms with Crippen LogP contribution in [0.4, 0.5) is 5.69 Å². The van der Waals surface area contributed by atoms with Crippen LogP contribution in [0.25, 0.3) is 0 Å². The number of hydrogen-bond acceptors (Lipinski definition) is 6. The van der Waals surface area contributed by atoms with E-state index in [9.17, 15) is 13.2 Å². The topological polar surface area (TPSA) is 87.7 Å². The maximum atomic E-state index is 12.7. The summed E-state index contributed by atoms with van der Waals surface area (Å²) in [4.78, 5) is 16.5. The molecule has 3 aromatic rings. The molecular formula is C24H27N3O4S2. The Morgan fingerprint density at radius 2 is 1.76 bits per heavy atom. The van der Waals surface area contributed by atoms with Crippen molar-refractivity contribution in [3.63, 3.8) is 0 Å². The number of methoxy groups -OCH3 is 1. The standard InChI is InChI=1S/C24H27N3O4S2/c1-31-20-10-8-19(9-11-20)26-33(29,30)21-12-6-18(7-13-21)24(28)25-17-22(23-5-4-16-32-23)27-14-2-3-15-27/h4-13,16,22,26H,2-3,14-15,17H2,1H3,(H,25,28). The number of carbonyl (C=O) groups excluding carboxylic acids is 1. The van der Waals surface area contributed by atoms with E-state index < -0.39 is 10.0 Å². The predicted molar refractivity (Wildman–Crippen MR) is 130 cm³/mol. The van der Waals surface area contributed by atoms with Crippen LogP contribution in [0.2, 0.25) is 0 Å². The van der Waals surface area contributed by atoms with E-state index in [4.69, 9.17) is 4.74 Å². The quantitative estimate of drug-likeness (QED) is 0.476. The molecular weight excluding hydrogens is 458 g/mol. The molecule has 1 aliphatic heterocycles. The lowest BCUT2D eigenvalue weighted by molar-refractivity contribution is 0.0938. The molecule has 1 saturated heterocycles. The molecule has 2 heterocycles. The van der Waals surface area contributed by atoms with Crippen molar-refractivity contribution in [1.29, 1.82) is 0 Å². The fourth-order valence-electron chi connectivity index (χ4n) is 3.89. The van der Waals surface area contributed by atoms with Gasteiger partial charge in [-0.1, -0.05) is 6.07 Å². The summed E-state index contributed by atoms with van der Waals surface area (Å²) < 4.78 is 33.0. The first-order chi connectivity index (χ1) is 16.0. The number of rotatable bonds is 9. The number of nitrogens with one attached hydrogen (secondary N) is 2. The second-order valence-electron chi connectivity index (χ2n) is 7.84. The summed E-state index contributed by atoms with van der Waals surface area (Å²) in [6, 6.07) is 16.9. The van der Waals surface area contributed by atoms with Gasteiger partial charge in [-0.05, 0) is 85.9 Å². The zero-order chi connectivity index (χ0) is 23.3. The Kier molecular flexibility index (Phi) is 7.32. The highest BCUT2D eigenvalue weighted by Crippen LogP contribution is 2.28. The number of hydrogen-bond donors (Lipinski definition) is 2. The monoisotopic (exact) mass is 485 g/mol. The van der Waals surface area contributed by atoms with Gasteiger partial charge in [0, 0.05) is 22.7 Å². The Bertz CT molecular complexity index is 1160. The zero-order valence-corrected chi connectivity index (χ0v) is 20.0. The minimum absolute atomic E-state index is 0.0865. The molecule has 0 spiro atoms. The number of carbonyl (C=O) groups is 1. The van der Waals surface area contributed by atoms with Gasteiger partial charge < -0.3 is 10.1 Å². The summed E-state index contributed by atoms with van der Waals surface area (Å²) in [5, 5.41) is 5.08. The van der Waals surface area contributed by atoms with E-state index in [-0.39, 0.29) is 16.8 Å². The number of thiophene rings is 1. The molecule has 0 radical (unpaired) electrons. The second-order valence-corrected chi connectivity index (χ2v) is 10.5. The lowest BCUT2D eigenvalue weighted by Crippen LogP contribution is -2.36. The van der Waals surface area contributed by atoms with Crippen molar-refractivity contribution in [2.45, 2.75) is 23.8 Å². The Hall–Kier alpha value is -2.88.